The van der Waals surface area contributed by atoms with Crippen molar-refractivity contribution in [1.29, 1.82) is 0 Å². The Labute approximate surface area is 125 Å². The third-order valence-corrected chi connectivity index (χ3v) is 6.68. The number of benzene rings is 1. The summed E-state index contributed by atoms with van der Waals surface area (Å²) in [6, 6.07) is 5.80. The van der Waals surface area contributed by atoms with Gasteiger partial charge in [-0.15, -0.1) is 0 Å². The first kappa shape index (κ1) is 13.6. The maximum absolute atomic E-state index is 10.4. The summed E-state index contributed by atoms with van der Waals surface area (Å²) in [7, 11) is 0. The Balaban J connectivity index is 1.71. The number of hydrogen-bond acceptors (Lipinski definition) is 3. The zero-order valence-electron chi connectivity index (χ0n) is 12.5. The van der Waals surface area contributed by atoms with Crippen molar-refractivity contribution >= 4 is 0 Å². The maximum Gasteiger partial charge on any atom is 0.115 e. The number of aryl methyl sites for hydroxylation is 1. The summed E-state index contributed by atoms with van der Waals surface area (Å²) in [6.45, 7) is 2.17. The van der Waals surface area contributed by atoms with Gasteiger partial charge in [-0.1, -0.05) is 13.0 Å². The molecule has 0 aromatic heterocycles. The Kier molecular flexibility index (Phi) is 2.89. The lowest BCUT2D eigenvalue weighted by Gasteiger charge is -2.49. The Hall–Kier alpha value is -1.06. The van der Waals surface area contributed by atoms with Crippen molar-refractivity contribution in [2.45, 2.75) is 57.2 Å². The second kappa shape index (κ2) is 4.47. The monoisotopic (exact) mass is 288 g/mol. The molecule has 3 N–H and O–H groups in total. The summed E-state index contributed by atoms with van der Waals surface area (Å²) >= 11 is 0. The number of fused-ring (bicyclic) bond motifs is 5. The highest BCUT2D eigenvalue weighted by molar-refractivity contribution is 5.40. The number of hydrogen-bond donors (Lipinski definition) is 3. The molecule has 0 heterocycles. The fourth-order valence-electron chi connectivity index (χ4n) is 5.56. The van der Waals surface area contributed by atoms with E-state index in [1.165, 1.54) is 11.1 Å². The first-order valence-electron chi connectivity index (χ1n) is 8.18. The predicted octanol–water partition coefficient (Wildman–Crippen LogP) is 2.58. The van der Waals surface area contributed by atoms with Gasteiger partial charge in [-0.05, 0) is 78.5 Å². The van der Waals surface area contributed by atoms with E-state index in [0.29, 0.717) is 23.5 Å². The van der Waals surface area contributed by atoms with Crippen LogP contribution in [0.4, 0.5) is 0 Å². The van der Waals surface area contributed by atoms with Crippen LogP contribution in [-0.2, 0) is 6.42 Å². The third kappa shape index (κ3) is 1.80. The zero-order valence-corrected chi connectivity index (χ0v) is 12.5. The van der Waals surface area contributed by atoms with E-state index >= 15 is 0 Å². The Morgan fingerprint density at radius 2 is 2.00 bits per heavy atom. The van der Waals surface area contributed by atoms with Gasteiger partial charge in [0.2, 0.25) is 0 Å². The van der Waals surface area contributed by atoms with Crippen LogP contribution < -0.4 is 0 Å². The van der Waals surface area contributed by atoms with E-state index in [1.54, 1.807) is 6.07 Å². The van der Waals surface area contributed by atoms with Crippen LogP contribution in [0.1, 0.15) is 49.7 Å². The van der Waals surface area contributed by atoms with E-state index in [2.05, 4.69) is 13.0 Å². The molecule has 6 atom stereocenters. The van der Waals surface area contributed by atoms with Crippen molar-refractivity contribution in [2.24, 2.45) is 17.3 Å². The van der Waals surface area contributed by atoms with Crippen LogP contribution in [0.15, 0.2) is 18.2 Å². The molecule has 1 aromatic carbocycles. The maximum atomic E-state index is 10.4. The van der Waals surface area contributed by atoms with Gasteiger partial charge in [0.25, 0.3) is 0 Å². The summed E-state index contributed by atoms with van der Waals surface area (Å²) in [5.41, 5.74) is 2.57. The molecule has 3 unspecified atom stereocenters. The summed E-state index contributed by atoms with van der Waals surface area (Å²) in [6.07, 6.45) is 3.80. The van der Waals surface area contributed by atoms with Gasteiger partial charge in [0.1, 0.15) is 5.75 Å². The van der Waals surface area contributed by atoms with Crippen molar-refractivity contribution in [3.8, 4) is 5.75 Å². The highest BCUT2D eigenvalue weighted by atomic mass is 16.3. The van der Waals surface area contributed by atoms with E-state index in [4.69, 9.17) is 0 Å². The number of phenolic OH excluding ortho intramolecular Hbond substituents is 1. The Morgan fingerprint density at radius 1 is 1.19 bits per heavy atom. The molecule has 0 saturated heterocycles. The SMILES string of the molecule is C[C@]12CCC3c4ccc(O)cc4CCC3[C@@H]1C[C@@H](O)C2O. The number of rotatable bonds is 0. The van der Waals surface area contributed by atoms with Gasteiger partial charge in [-0.3, -0.25) is 0 Å². The first-order chi connectivity index (χ1) is 10.0. The second-order valence-electron chi connectivity index (χ2n) is 7.59. The van der Waals surface area contributed by atoms with Gasteiger partial charge in [0, 0.05) is 0 Å². The van der Waals surface area contributed by atoms with Crippen LogP contribution in [-0.4, -0.2) is 27.5 Å². The van der Waals surface area contributed by atoms with Crippen LogP contribution in [0.2, 0.25) is 0 Å². The lowest BCUT2D eigenvalue weighted by atomic mass is 9.55. The Morgan fingerprint density at radius 3 is 2.81 bits per heavy atom. The fraction of sp³-hybridized carbons (Fsp3) is 0.667. The number of aliphatic hydroxyl groups excluding tert-OH is 2. The van der Waals surface area contributed by atoms with Gasteiger partial charge in [-0.2, -0.15) is 0 Å². The molecule has 21 heavy (non-hydrogen) atoms. The van der Waals surface area contributed by atoms with Crippen molar-refractivity contribution < 1.29 is 15.3 Å². The van der Waals surface area contributed by atoms with Crippen LogP contribution in [0.3, 0.4) is 0 Å². The molecule has 1 aromatic rings. The molecule has 114 valence electrons. The number of aliphatic hydroxyl groups is 2. The van der Waals surface area contributed by atoms with E-state index in [1.807, 2.05) is 6.07 Å². The molecule has 0 radical (unpaired) electrons. The predicted molar refractivity (Wildman–Crippen MR) is 80.1 cm³/mol. The van der Waals surface area contributed by atoms with Gasteiger partial charge >= 0.3 is 0 Å². The van der Waals surface area contributed by atoms with E-state index in [-0.39, 0.29) is 5.41 Å². The molecule has 0 amide bonds. The number of aromatic hydroxyl groups is 1. The largest absolute Gasteiger partial charge is 0.508 e. The van der Waals surface area contributed by atoms with Gasteiger partial charge in [0.15, 0.2) is 0 Å². The van der Waals surface area contributed by atoms with E-state index in [9.17, 15) is 15.3 Å². The minimum atomic E-state index is -0.565. The Bertz CT molecular complexity index is 570. The average molecular weight is 288 g/mol. The van der Waals surface area contributed by atoms with E-state index in [0.717, 1.165) is 32.1 Å². The molecule has 3 heteroatoms. The molecule has 2 saturated carbocycles. The molecule has 0 aliphatic heterocycles. The minimum Gasteiger partial charge on any atom is -0.508 e. The standard InChI is InChI=1S/C18H24O3/c1-18-7-6-13-12-5-3-11(19)8-10(12)2-4-14(13)15(18)9-16(20)17(18)21/h3,5,8,13-17,19-21H,2,4,6-7,9H2,1H3/t13?,14?,15-,16+,17?,18-/m0/s1. The minimum absolute atomic E-state index is 0.116. The van der Waals surface area contributed by atoms with Crippen LogP contribution in [0, 0.1) is 17.3 Å². The molecular formula is C18H24O3. The van der Waals surface area contributed by atoms with E-state index < -0.39 is 12.2 Å². The second-order valence-corrected chi connectivity index (χ2v) is 7.59. The lowest BCUT2D eigenvalue weighted by molar-refractivity contribution is -0.0505. The van der Waals surface area contributed by atoms with Gasteiger partial charge in [-0.25, -0.2) is 0 Å². The molecule has 3 aliphatic carbocycles. The summed E-state index contributed by atoms with van der Waals surface area (Å²) in [5, 5.41) is 30.2. The first-order valence-corrected chi connectivity index (χ1v) is 8.18. The molecule has 4 rings (SSSR count). The molecule has 0 bridgehead atoms. The highest BCUT2D eigenvalue weighted by Gasteiger charge is 2.57. The van der Waals surface area contributed by atoms with Crippen LogP contribution >= 0.6 is 0 Å². The normalized spacial score (nSPS) is 44.8. The van der Waals surface area contributed by atoms with Crippen LogP contribution in [0.25, 0.3) is 0 Å². The molecule has 2 fully saturated rings. The van der Waals surface area contributed by atoms with Gasteiger partial charge < -0.3 is 15.3 Å². The average Bonchev–Trinajstić information content (AvgIpc) is 2.70. The molecule has 0 spiro atoms. The van der Waals surface area contributed by atoms with Gasteiger partial charge in [0.05, 0.1) is 12.2 Å². The summed E-state index contributed by atoms with van der Waals surface area (Å²) in [5.74, 6) is 1.88. The quantitative estimate of drug-likeness (QED) is 0.687. The highest BCUT2D eigenvalue weighted by Crippen LogP contribution is 2.60. The molecule has 3 nitrogen and oxygen atoms in total. The summed E-state index contributed by atoms with van der Waals surface area (Å²) in [4.78, 5) is 0. The van der Waals surface area contributed by atoms with Crippen molar-refractivity contribution in [3.63, 3.8) is 0 Å². The third-order valence-electron chi connectivity index (χ3n) is 6.68. The number of phenols is 1. The zero-order chi connectivity index (χ0) is 14.8. The summed E-state index contributed by atoms with van der Waals surface area (Å²) < 4.78 is 0. The van der Waals surface area contributed by atoms with Crippen molar-refractivity contribution in [2.75, 3.05) is 0 Å². The van der Waals surface area contributed by atoms with Crippen LogP contribution in [0.5, 0.6) is 5.75 Å². The fourth-order valence-corrected chi connectivity index (χ4v) is 5.56. The molecular weight excluding hydrogens is 264 g/mol. The van der Waals surface area contributed by atoms with Crippen molar-refractivity contribution in [3.05, 3.63) is 29.3 Å². The lowest BCUT2D eigenvalue weighted by Crippen LogP contribution is -2.44. The smallest absolute Gasteiger partial charge is 0.115 e. The van der Waals surface area contributed by atoms with Crippen molar-refractivity contribution in [1.82, 2.24) is 0 Å². The topological polar surface area (TPSA) is 60.7 Å². The molecule has 3 aliphatic rings.